The highest BCUT2D eigenvalue weighted by molar-refractivity contribution is 5.94. The Morgan fingerprint density at radius 3 is 2.44 bits per heavy atom. The molecule has 1 aliphatic rings. The second kappa shape index (κ2) is 7.79. The van der Waals surface area contributed by atoms with Crippen LogP contribution in [0.4, 0.5) is 5.69 Å². The highest BCUT2D eigenvalue weighted by Gasteiger charge is 2.20. The maximum absolute atomic E-state index is 12.5. The zero-order valence-corrected chi connectivity index (χ0v) is 14.3. The molecule has 0 radical (unpaired) electrons. The number of rotatable bonds is 6. The predicted molar refractivity (Wildman–Crippen MR) is 93.8 cm³/mol. The summed E-state index contributed by atoms with van der Waals surface area (Å²) in [6.07, 6.45) is -0.0517. The Labute approximate surface area is 146 Å². The fraction of sp³-hybridized carbons (Fsp3) is 0.316. The van der Waals surface area contributed by atoms with Crippen LogP contribution in [0.1, 0.15) is 13.3 Å². The summed E-state index contributed by atoms with van der Waals surface area (Å²) >= 11 is 0. The molecule has 132 valence electrons. The lowest BCUT2D eigenvalue weighted by Crippen LogP contribution is -2.32. The number of nitrogens with one attached hydrogen (secondary N) is 1. The number of hydrogen-bond donors (Lipinski definition) is 1. The number of carbonyl (C=O) groups is 1. The van der Waals surface area contributed by atoms with E-state index in [1.807, 2.05) is 6.92 Å². The van der Waals surface area contributed by atoms with Crippen molar-refractivity contribution >= 4 is 11.6 Å². The van der Waals surface area contributed by atoms with Gasteiger partial charge >= 0.3 is 0 Å². The largest absolute Gasteiger partial charge is 0.497 e. The monoisotopic (exact) mass is 343 g/mol. The second-order valence-electron chi connectivity index (χ2n) is 5.54. The average molecular weight is 343 g/mol. The third-order valence-corrected chi connectivity index (χ3v) is 3.81. The van der Waals surface area contributed by atoms with Crippen molar-refractivity contribution in [3.63, 3.8) is 0 Å². The molecule has 3 rings (SSSR count). The Bertz CT molecular complexity index is 729. The van der Waals surface area contributed by atoms with Crippen molar-refractivity contribution in [3.05, 3.63) is 42.5 Å². The van der Waals surface area contributed by atoms with Gasteiger partial charge in [-0.2, -0.15) is 0 Å². The zero-order chi connectivity index (χ0) is 17.6. The first-order valence-corrected chi connectivity index (χ1v) is 8.21. The van der Waals surface area contributed by atoms with E-state index < -0.39 is 6.10 Å². The summed E-state index contributed by atoms with van der Waals surface area (Å²) in [5, 5.41) is 2.86. The molecule has 0 aromatic heterocycles. The van der Waals surface area contributed by atoms with Crippen LogP contribution in [0, 0.1) is 0 Å². The molecule has 1 N–H and O–H groups in total. The predicted octanol–water partition coefficient (Wildman–Crippen LogP) is 3.26. The fourth-order valence-corrected chi connectivity index (χ4v) is 2.48. The molecule has 0 unspecified atom stereocenters. The van der Waals surface area contributed by atoms with E-state index in [-0.39, 0.29) is 5.91 Å². The lowest BCUT2D eigenvalue weighted by Gasteiger charge is -2.20. The van der Waals surface area contributed by atoms with Crippen molar-refractivity contribution in [2.75, 3.05) is 25.6 Å². The Morgan fingerprint density at radius 2 is 1.76 bits per heavy atom. The van der Waals surface area contributed by atoms with Crippen molar-refractivity contribution < 1.29 is 23.7 Å². The summed E-state index contributed by atoms with van der Waals surface area (Å²) in [7, 11) is 1.60. The number of carbonyl (C=O) groups excluding carboxylic acids is 1. The third kappa shape index (κ3) is 4.15. The zero-order valence-electron chi connectivity index (χ0n) is 14.3. The van der Waals surface area contributed by atoms with Gasteiger partial charge in [-0.15, -0.1) is 0 Å². The van der Waals surface area contributed by atoms with Gasteiger partial charge in [-0.3, -0.25) is 4.79 Å². The summed E-state index contributed by atoms with van der Waals surface area (Å²) in [6.45, 7) is 2.94. The van der Waals surface area contributed by atoms with Gasteiger partial charge in [0.1, 0.15) is 24.7 Å². The second-order valence-corrected chi connectivity index (χ2v) is 5.54. The number of ether oxygens (including phenoxy) is 4. The van der Waals surface area contributed by atoms with Crippen LogP contribution < -0.4 is 24.3 Å². The maximum Gasteiger partial charge on any atom is 0.265 e. The quantitative estimate of drug-likeness (QED) is 0.872. The van der Waals surface area contributed by atoms with Crippen molar-refractivity contribution in [2.24, 2.45) is 0 Å². The molecule has 0 spiro atoms. The molecule has 1 atom stereocenters. The number of fused-ring (bicyclic) bond motifs is 1. The van der Waals surface area contributed by atoms with Gasteiger partial charge in [0.2, 0.25) is 0 Å². The van der Waals surface area contributed by atoms with Crippen LogP contribution in [0.2, 0.25) is 0 Å². The van der Waals surface area contributed by atoms with Gasteiger partial charge in [-0.1, -0.05) is 6.92 Å². The minimum absolute atomic E-state index is 0.213. The van der Waals surface area contributed by atoms with Gasteiger partial charge in [-0.05, 0) is 42.8 Å². The van der Waals surface area contributed by atoms with Crippen LogP contribution in [0.5, 0.6) is 23.0 Å². The Morgan fingerprint density at radius 1 is 1.08 bits per heavy atom. The summed E-state index contributed by atoms with van der Waals surface area (Å²) in [6, 6.07) is 12.5. The highest BCUT2D eigenvalue weighted by atomic mass is 16.6. The lowest BCUT2D eigenvalue weighted by atomic mass is 10.2. The van der Waals surface area contributed by atoms with Crippen molar-refractivity contribution in [1.82, 2.24) is 0 Å². The molecule has 2 aromatic carbocycles. The molecule has 0 bridgehead atoms. The topological polar surface area (TPSA) is 66.0 Å². The first-order chi connectivity index (χ1) is 12.2. The number of hydrogen-bond acceptors (Lipinski definition) is 5. The molecule has 0 saturated carbocycles. The van der Waals surface area contributed by atoms with Crippen molar-refractivity contribution in [1.29, 1.82) is 0 Å². The molecule has 1 heterocycles. The first-order valence-electron chi connectivity index (χ1n) is 8.21. The van der Waals surface area contributed by atoms with Gasteiger partial charge in [0, 0.05) is 11.8 Å². The Kier molecular flexibility index (Phi) is 5.28. The fourth-order valence-electron chi connectivity index (χ4n) is 2.48. The Hall–Kier alpha value is -2.89. The minimum Gasteiger partial charge on any atom is -0.497 e. The van der Waals surface area contributed by atoms with E-state index in [1.54, 1.807) is 49.6 Å². The average Bonchev–Trinajstić information content (AvgIpc) is 2.66. The molecule has 0 aliphatic carbocycles. The van der Waals surface area contributed by atoms with Crippen LogP contribution in [-0.4, -0.2) is 32.3 Å². The standard InChI is InChI=1S/C19H21NO5/c1-3-16(25-15-7-5-14(22-2)6-8-15)19(21)20-13-4-9-17-18(12-13)24-11-10-23-17/h4-9,12,16H,3,10-11H2,1-2H3,(H,20,21)/t16-/m0/s1. The SMILES string of the molecule is CC[C@H](Oc1ccc(OC)cc1)C(=O)Nc1ccc2c(c1)OCCO2. The summed E-state index contributed by atoms with van der Waals surface area (Å²) < 4.78 is 21.9. The van der Waals surface area contributed by atoms with Crippen LogP contribution in [0.15, 0.2) is 42.5 Å². The van der Waals surface area contributed by atoms with E-state index in [2.05, 4.69) is 5.32 Å². The van der Waals surface area contributed by atoms with Gasteiger partial charge in [0.25, 0.3) is 5.91 Å². The highest BCUT2D eigenvalue weighted by Crippen LogP contribution is 2.32. The van der Waals surface area contributed by atoms with E-state index in [0.29, 0.717) is 42.6 Å². The summed E-state index contributed by atoms with van der Waals surface area (Å²) in [4.78, 5) is 12.5. The first kappa shape index (κ1) is 17.0. The molecule has 6 heteroatoms. The molecular weight excluding hydrogens is 322 g/mol. The van der Waals surface area contributed by atoms with Crippen LogP contribution in [-0.2, 0) is 4.79 Å². The van der Waals surface area contributed by atoms with E-state index >= 15 is 0 Å². The number of amides is 1. The van der Waals surface area contributed by atoms with E-state index in [1.165, 1.54) is 0 Å². The van der Waals surface area contributed by atoms with Gasteiger partial charge in [-0.25, -0.2) is 0 Å². The van der Waals surface area contributed by atoms with Crippen molar-refractivity contribution in [3.8, 4) is 23.0 Å². The Balaban J connectivity index is 1.65. The van der Waals surface area contributed by atoms with E-state index in [4.69, 9.17) is 18.9 Å². The lowest BCUT2D eigenvalue weighted by molar-refractivity contribution is -0.122. The van der Waals surface area contributed by atoms with E-state index in [0.717, 1.165) is 5.75 Å². The van der Waals surface area contributed by atoms with Crippen molar-refractivity contribution in [2.45, 2.75) is 19.4 Å². The summed E-state index contributed by atoms with van der Waals surface area (Å²) in [5.41, 5.74) is 0.644. The number of benzene rings is 2. The smallest absolute Gasteiger partial charge is 0.265 e. The molecule has 25 heavy (non-hydrogen) atoms. The molecule has 0 fully saturated rings. The third-order valence-electron chi connectivity index (χ3n) is 3.81. The van der Waals surface area contributed by atoms with Gasteiger partial charge in [0.05, 0.1) is 7.11 Å². The minimum atomic E-state index is -0.596. The molecule has 2 aromatic rings. The van der Waals surface area contributed by atoms with Gasteiger partial charge < -0.3 is 24.3 Å². The van der Waals surface area contributed by atoms with Gasteiger partial charge in [0.15, 0.2) is 17.6 Å². The number of anilines is 1. The normalized spacial score (nSPS) is 13.7. The summed E-state index contributed by atoms with van der Waals surface area (Å²) in [5.74, 6) is 2.46. The maximum atomic E-state index is 12.5. The van der Waals surface area contributed by atoms with Crippen LogP contribution >= 0.6 is 0 Å². The van der Waals surface area contributed by atoms with E-state index in [9.17, 15) is 4.79 Å². The molecular formula is C19H21NO5. The molecule has 1 aliphatic heterocycles. The molecule has 1 amide bonds. The van der Waals surface area contributed by atoms with Crippen LogP contribution in [0.25, 0.3) is 0 Å². The van der Waals surface area contributed by atoms with Crippen LogP contribution in [0.3, 0.4) is 0 Å². The number of methoxy groups -OCH3 is 1. The molecule has 6 nitrogen and oxygen atoms in total. The molecule has 0 saturated heterocycles.